The molecule has 0 atom stereocenters. The van der Waals surface area contributed by atoms with E-state index >= 15 is 0 Å². The summed E-state index contributed by atoms with van der Waals surface area (Å²) in [6, 6.07) is 8.27. The molecule has 0 spiro atoms. The van der Waals surface area contributed by atoms with Crippen LogP contribution in [0.15, 0.2) is 29.3 Å². The lowest BCUT2D eigenvalue weighted by atomic mass is 10.1. The molecule has 0 saturated carbocycles. The lowest BCUT2D eigenvalue weighted by molar-refractivity contribution is -0.129. The monoisotopic (exact) mass is 316 g/mol. The number of benzene rings is 1. The molecule has 1 aromatic carbocycles. The Morgan fingerprint density at radius 3 is 2.65 bits per heavy atom. The van der Waals surface area contributed by atoms with Crippen LogP contribution < -0.4 is 10.6 Å². The zero-order chi connectivity index (χ0) is 16.5. The van der Waals surface area contributed by atoms with Crippen molar-refractivity contribution in [3.63, 3.8) is 0 Å². The number of hydrogen-bond donors (Lipinski definition) is 2. The van der Waals surface area contributed by atoms with Gasteiger partial charge >= 0.3 is 0 Å². The number of guanidine groups is 1. The van der Waals surface area contributed by atoms with E-state index in [0.717, 1.165) is 38.4 Å². The van der Waals surface area contributed by atoms with Gasteiger partial charge in [-0.05, 0) is 37.8 Å². The normalized spacial score (nSPS) is 14.9. The summed E-state index contributed by atoms with van der Waals surface area (Å²) < 4.78 is 0. The predicted molar refractivity (Wildman–Crippen MR) is 94.4 cm³/mol. The minimum Gasteiger partial charge on any atom is -0.357 e. The Bertz CT molecular complexity index is 536. The topological polar surface area (TPSA) is 56.7 Å². The van der Waals surface area contributed by atoms with E-state index in [1.54, 1.807) is 0 Å². The molecular formula is C18H28N4O. The number of carbonyl (C=O) groups is 1. The second-order valence-corrected chi connectivity index (χ2v) is 5.89. The first-order valence-electron chi connectivity index (χ1n) is 8.55. The lowest BCUT2D eigenvalue weighted by Gasteiger charge is -2.16. The number of hydrogen-bond acceptors (Lipinski definition) is 2. The number of aliphatic imine (C=N–C) groups is 1. The van der Waals surface area contributed by atoms with Crippen LogP contribution in [0.4, 0.5) is 0 Å². The van der Waals surface area contributed by atoms with Crippen molar-refractivity contribution in [2.24, 2.45) is 4.99 Å². The molecule has 1 aliphatic heterocycles. The Labute approximate surface area is 139 Å². The second-order valence-electron chi connectivity index (χ2n) is 5.89. The summed E-state index contributed by atoms with van der Waals surface area (Å²) in [7, 11) is 0. The number of nitrogens with zero attached hydrogens (tertiary/aromatic N) is 2. The quantitative estimate of drug-likeness (QED) is 0.624. The maximum Gasteiger partial charge on any atom is 0.224 e. The highest BCUT2D eigenvalue weighted by Crippen LogP contribution is 2.09. The largest absolute Gasteiger partial charge is 0.357 e. The molecule has 126 valence electrons. The zero-order valence-corrected chi connectivity index (χ0v) is 14.3. The molecule has 0 unspecified atom stereocenters. The van der Waals surface area contributed by atoms with Crippen LogP contribution in [-0.2, 0) is 11.3 Å². The van der Waals surface area contributed by atoms with Gasteiger partial charge in [-0.25, -0.2) is 4.99 Å². The summed E-state index contributed by atoms with van der Waals surface area (Å²) in [6.07, 6.45) is 2.80. The number of rotatable bonds is 6. The first-order chi connectivity index (χ1) is 11.2. The second kappa shape index (κ2) is 9.18. The molecule has 23 heavy (non-hydrogen) atoms. The molecule has 0 bridgehead atoms. The fourth-order valence-electron chi connectivity index (χ4n) is 2.71. The molecule has 2 rings (SSSR count). The highest BCUT2D eigenvalue weighted by Gasteiger charge is 2.17. The molecule has 1 aliphatic rings. The van der Waals surface area contributed by atoms with E-state index in [2.05, 4.69) is 34.7 Å². The highest BCUT2D eigenvalue weighted by molar-refractivity contribution is 5.81. The van der Waals surface area contributed by atoms with E-state index in [4.69, 9.17) is 0 Å². The molecule has 1 heterocycles. The van der Waals surface area contributed by atoms with Crippen molar-refractivity contribution in [3.05, 3.63) is 35.4 Å². The molecule has 0 aliphatic carbocycles. The van der Waals surface area contributed by atoms with Gasteiger partial charge in [0.1, 0.15) is 0 Å². The van der Waals surface area contributed by atoms with Crippen molar-refractivity contribution < 1.29 is 4.79 Å². The van der Waals surface area contributed by atoms with Gasteiger partial charge in [-0.15, -0.1) is 0 Å². The van der Waals surface area contributed by atoms with Crippen LogP contribution in [0.2, 0.25) is 0 Å². The number of carbonyl (C=O) groups excluding carboxylic acids is 1. The maximum atomic E-state index is 12.0. The number of amides is 1. The summed E-state index contributed by atoms with van der Waals surface area (Å²) >= 11 is 0. The lowest BCUT2D eigenvalue weighted by Crippen LogP contribution is -2.39. The third-order valence-corrected chi connectivity index (χ3v) is 4.10. The van der Waals surface area contributed by atoms with Crippen LogP contribution >= 0.6 is 0 Å². The van der Waals surface area contributed by atoms with E-state index in [-0.39, 0.29) is 5.91 Å². The van der Waals surface area contributed by atoms with Crippen LogP contribution in [0.5, 0.6) is 0 Å². The fourth-order valence-corrected chi connectivity index (χ4v) is 2.71. The van der Waals surface area contributed by atoms with Crippen LogP contribution in [0.1, 0.15) is 37.3 Å². The first-order valence-corrected chi connectivity index (χ1v) is 8.55. The van der Waals surface area contributed by atoms with Gasteiger partial charge < -0.3 is 15.5 Å². The van der Waals surface area contributed by atoms with Crippen molar-refractivity contribution in [2.45, 2.75) is 39.7 Å². The van der Waals surface area contributed by atoms with Gasteiger partial charge in [0.25, 0.3) is 0 Å². The number of likely N-dealkylation sites (tertiary alicyclic amines) is 1. The standard InChI is InChI=1S/C18H28N4O/c1-3-19-18(21-14-16-9-5-4-8-15(16)2)20-11-10-17(23)22-12-6-7-13-22/h4-5,8-9H,3,6-7,10-14H2,1-2H3,(H2,19,20,21). The Balaban J connectivity index is 1.81. The Morgan fingerprint density at radius 2 is 1.96 bits per heavy atom. The van der Waals surface area contributed by atoms with Gasteiger partial charge in [0, 0.05) is 32.6 Å². The molecule has 1 amide bonds. The van der Waals surface area contributed by atoms with Crippen molar-refractivity contribution in [1.29, 1.82) is 0 Å². The van der Waals surface area contributed by atoms with Crippen molar-refractivity contribution in [2.75, 3.05) is 26.2 Å². The van der Waals surface area contributed by atoms with Crippen LogP contribution in [-0.4, -0.2) is 42.9 Å². The van der Waals surface area contributed by atoms with Crippen molar-refractivity contribution in [1.82, 2.24) is 15.5 Å². The SMILES string of the molecule is CCNC(=NCc1ccccc1C)NCCC(=O)N1CCCC1. The summed E-state index contributed by atoms with van der Waals surface area (Å²) in [4.78, 5) is 18.6. The van der Waals surface area contributed by atoms with Gasteiger partial charge in [0.15, 0.2) is 5.96 Å². The summed E-state index contributed by atoms with van der Waals surface area (Å²) in [5.74, 6) is 1.01. The maximum absolute atomic E-state index is 12.0. The van der Waals surface area contributed by atoms with Gasteiger partial charge in [-0.2, -0.15) is 0 Å². The minimum absolute atomic E-state index is 0.241. The summed E-state index contributed by atoms with van der Waals surface area (Å²) in [5.41, 5.74) is 2.47. The van der Waals surface area contributed by atoms with Gasteiger partial charge in [0.05, 0.1) is 6.54 Å². The van der Waals surface area contributed by atoms with E-state index < -0.39 is 0 Å². The van der Waals surface area contributed by atoms with Gasteiger partial charge in [0.2, 0.25) is 5.91 Å². The minimum atomic E-state index is 0.241. The van der Waals surface area contributed by atoms with Crippen molar-refractivity contribution >= 4 is 11.9 Å². The van der Waals surface area contributed by atoms with Crippen LogP contribution in [0.3, 0.4) is 0 Å². The third kappa shape index (κ3) is 5.58. The summed E-state index contributed by atoms with van der Waals surface area (Å²) in [5, 5.41) is 6.49. The average Bonchev–Trinajstić information content (AvgIpc) is 3.08. The first kappa shape index (κ1) is 17.3. The Morgan fingerprint density at radius 1 is 1.22 bits per heavy atom. The van der Waals surface area contributed by atoms with Crippen LogP contribution in [0, 0.1) is 6.92 Å². The van der Waals surface area contributed by atoms with E-state index in [1.165, 1.54) is 11.1 Å². The van der Waals surface area contributed by atoms with E-state index in [0.29, 0.717) is 19.5 Å². The molecule has 5 heteroatoms. The summed E-state index contributed by atoms with van der Waals surface area (Å²) in [6.45, 7) is 8.04. The van der Waals surface area contributed by atoms with Gasteiger partial charge in [-0.1, -0.05) is 24.3 Å². The molecule has 1 fully saturated rings. The molecule has 1 aromatic rings. The molecule has 2 N–H and O–H groups in total. The zero-order valence-electron chi connectivity index (χ0n) is 14.3. The molecule has 0 aromatic heterocycles. The van der Waals surface area contributed by atoms with Crippen molar-refractivity contribution in [3.8, 4) is 0 Å². The van der Waals surface area contributed by atoms with Gasteiger partial charge in [-0.3, -0.25) is 4.79 Å². The highest BCUT2D eigenvalue weighted by atomic mass is 16.2. The molecular weight excluding hydrogens is 288 g/mol. The predicted octanol–water partition coefficient (Wildman–Crippen LogP) is 2.06. The molecule has 1 saturated heterocycles. The van der Waals surface area contributed by atoms with E-state index in [1.807, 2.05) is 24.0 Å². The average molecular weight is 316 g/mol. The Hall–Kier alpha value is -2.04. The van der Waals surface area contributed by atoms with Crippen LogP contribution in [0.25, 0.3) is 0 Å². The molecule has 5 nitrogen and oxygen atoms in total. The smallest absolute Gasteiger partial charge is 0.224 e. The fraction of sp³-hybridized carbons (Fsp3) is 0.556. The third-order valence-electron chi connectivity index (χ3n) is 4.10. The number of aryl methyl sites for hydroxylation is 1. The Kier molecular flexibility index (Phi) is 6.91. The number of nitrogens with one attached hydrogen (secondary N) is 2. The van der Waals surface area contributed by atoms with E-state index in [9.17, 15) is 4.79 Å². The molecule has 0 radical (unpaired) electrons.